The van der Waals surface area contributed by atoms with Gasteiger partial charge in [0.05, 0.1) is 6.04 Å². The van der Waals surface area contributed by atoms with Crippen LogP contribution in [0, 0.1) is 17.8 Å². The highest BCUT2D eigenvalue weighted by Crippen LogP contribution is 2.34. The summed E-state index contributed by atoms with van der Waals surface area (Å²) in [6.45, 7) is 0. The van der Waals surface area contributed by atoms with Crippen molar-refractivity contribution in [2.24, 2.45) is 23.5 Å². The molecule has 4 atom stereocenters. The van der Waals surface area contributed by atoms with Crippen molar-refractivity contribution >= 4 is 62.7 Å². The number of carbonyl (C=O) groups excluding carboxylic acids is 5. The number of benzene rings is 1. The van der Waals surface area contributed by atoms with E-state index in [9.17, 15) is 43.8 Å². The molecule has 1 aliphatic rings. The Morgan fingerprint density at radius 3 is 1.72 bits per heavy atom. The van der Waals surface area contributed by atoms with Crippen molar-refractivity contribution in [3.8, 4) is 5.75 Å². The molecule has 2 amide bonds. The lowest BCUT2D eigenvalue weighted by Crippen LogP contribution is -2.42. The maximum Gasteiger partial charge on any atom is 0.303 e. The maximum absolute atomic E-state index is 13.5. The summed E-state index contributed by atoms with van der Waals surface area (Å²) >= 11 is 0. The van der Waals surface area contributed by atoms with Crippen LogP contribution < -0.4 is 11.1 Å². The molecule has 1 fully saturated rings. The van der Waals surface area contributed by atoms with Crippen LogP contribution in [-0.4, -0.2) is 74.0 Å². The van der Waals surface area contributed by atoms with E-state index >= 15 is 0 Å². The smallest absolute Gasteiger partial charge is 0.303 e. The van der Waals surface area contributed by atoms with Gasteiger partial charge < -0.3 is 26.4 Å². The summed E-state index contributed by atoms with van der Waals surface area (Å²) in [5, 5.41) is 30.3. The number of unbranched alkanes of at least 4 members (excludes halogenated alkanes) is 15. The largest absolute Gasteiger partial charge is 0.508 e. The molecule has 57 heavy (non-hydrogen) atoms. The highest BCUT2D eigenvalue weighted by Gasteiger charge is 2.34. The average molecular weight is 837 g/mol. The van der Waals surface area contributed by atoms with Crippen molar-refractivity contribution in [1.29, 1.82) is 0 Å². The van der Waals surface area contributed by atoms with Gasteiger partial charge in [-0.2, -0.15) is 0 Å². The van der Waals surface area contributed by atoms with Crippen LogP contribution in [-0.2, 0) is 40.0 Å². The fraction of sp³-hybridized carbons (Fsp3) is 0.698. The number of amides is 2. The molecule has 0 aliphatic carbocycles. The quantitative estimate of drug-likeness (QED) is 0.0342. The number of phenolic OH excluding ortho intramolecular Hbond substituents is 1. The van der Waals surface area contributed by atoms with Crippen molar-refractivity contribution in [3.63, 3.8) is 0 Å². The van der Waals surface area contributed by atoms with Gasteiger partial charge in [0.2, 0.25) is 11.8 Å². The topological polar surface area (TPSA) is 218 Å². The third kappa shape index (κ3) is 23.6. The molecule has 0 saturated carbocycles. The molecule has 0 aromatic heterocycles. The van der Waals surface area contributed by atoms with Crippen molar-refractivity contribution < 1.29 is 50.3 Å². The van der Waals surface area contributed by atoms with E-state index in [2.05, 4.69) is 5.32 Å². The van der Waals surface area contributed by atoms with E-state index in [1.165, 1.54) is 85.1 Å². The van der Waals surface area contributed by atoms with Crippen molar-refractivity contribution in [2.45, 2.75) is 160 Å². The summed E-state index contributed by atoms with van der Waals surface area (Å²) in [5.41, 5.74) is 6.36. The number of aliphatic carboxylic acids is 2. The van der Waals surface area contributed by atoms with Gasteiger partial charge in [0.25, 0.3) is 0 Å². The number of hydrogen-bond acceptors (Lipinski definition) is 10. The van der Waals surface area contributed by atoms with E-state index in [1.807, 2.05) is 0 Å². The third-order valence-electron chi connectivity index (χ3n) is 10.6. The van der Waals surface area contributed by atoms with Crippen LogP contribution in [0.1, 0.15) is 155 Å². The fourth-order valence-corrected chi connectivity index (χ4v) is 9.76. The molecular formula is C43H68N2O10S2. The van der Waals surface area contributed by atoms with Crippen molar-refractivity contribution in [2.75, 3.05) is 11.5 Å². The SMILES string of the molecule is NC(=O)[C@@H](CC(=O)[C@@H]1CSSC[C@H](CC(=O)[C@H](CCC(=O)O)NC(=O)CCCCCCCCCCCCCCCCCCC(=O)O)C(=O)C1)Cc1ccc(O)cc1.[HH]. The summed E-state index contributed by atoms with van der Waals surface area (Å²) in [5.74, 6) is -4.97. The molecule has 1 aromatic rings. The number of nitrogens with two attached hydrogens (primary N) is 1. The monoisotopic (exact) mass is 836 g/mol. The summed E-state index contributed by atoms with van der Waals surface area (Å²) < 4.78 is 0. The van der Waals surface area contributed by atoms with Crippen LogP contribution in [0.4, 0.5) is 0 Å². The minimum Gasteiger partial charge on any atom is -0.508 e. The standard InChI is InChI=1S/C43H66N2O10S2.H2/c44-43(55)32(25-31-19-21-35(46)22-20-31)26-37(47)33-27-38(48)34(30-57-56-29-33)28-39(49)36(23-24-42(53)54)45-40(50)17-15-13-11-9-7-5-3-1-2-4-6-8-10-12-14-16-18-41(51)52;/h19-22,32-34,36,46H,1-18,23-30H2,(H2,44,55)(H,45,50)(H,51,52)(H,53,54);1H/t32-,33+,34+,36+;/m1./s1. The number of rotatable bonds is 32. The van der Waals surface area contributed by atoms with Gasteiger partial charge in [0.1, 0.15) is 17.3 Å². The lowest BCUT2D eigenvalue weighted by Gasteiger charge is -2.25. The Morgan fingerprint density at radius 1 is 0.719 bits per heavy atom. The summed E-state index contributed by atoms with van der Waals surface area (Å²) in [4.78, 5) is 87.2. The third-order valence-corrected chi connectivity index (χ3v) is 13.2. The number of carboxylic acids is 2. The molecule has 1 aromatic carbocycles. The molecule has 1 heterocycles. The molecule has 2 rings (SSSR count). The van der Waals surface area contributed by atoms with Crippen LogP contribution in [0.3, 0.4) is 0 Å². The van der Waals surface area contributed by atoms with Gasteiger partial charge in [-0.05, 0) is 43.4 Å². The number of ketones is 3. The van der Waals surface area contributed by atoms with Gasteiger partial charge in [-0.15, -0.1) is 0 Å². The van der Waals surface area contributed by atoms with E-state index in [4.69, 9.17) is 10.8 Å². The van der Waals surface area contributed by atoms with E-state index in [-0.39, 0.29) is 76.0 Å². The zero-order valence-electron chi connectivity index (χ0n) is 33.6. The highest BCUT2D eigenvalue weighted by molar-refractivity contribution is 8.76. The lowest BCUT2D eigenvalue weighted by molar-refractivity contribution is -0.138. The molecule has 0 radical (unpaired) electrons. The zero-order valence-corrected chi connectivity index (χ0v) is 35.2. The van der Waals surface area contributed by atoms with Crippen molar-refractivity contribution in [3.05, 3.63) is 29.8 Å². The van der Waals surface area contributed by atoms with Crippen LogP contribution >= 0.6 is 21.6 Å². The maximum atomic E-state index is 13.5. The average Bonchev–Trinajstić information content (AvgIpc) is 3.15. The first-order chi connectivity index (χ1) is 27.3. The minimum atomic E-state index is -1.09. The van der Waals surface area contributed by atoms with E-state index in [0.717, 1.165) is 50.5 Å². The summed E-state index contributed by atoms with van der Waals surface area (Å²) in [6.07, 6.45) is 17.6. The number of phenols is 1. The highest BCUT2D eigenvalue weighted by atomic mass is 33.1. The Kier molecular flexibility index (Phi) is 26.0. The second kappa shape index (κ2) is 29.8. The van der Waals surface area contributed by atoms with Crippen molar-refractivity contribution in [1.82, 2.24) is 5.32 Å². The number of nitrogens with one attached hydrogen (secondary N) is 1. The predicted molar refractivity (Wildman–Crippen MR) is 227 cm³/mol. The molecule has 1 aliphatic heterocycles. The second-order valence-corrected chi connectivity index (χ2v) is 18.1. The molecule has 12 nitrogen and oxygen atoms in total. The number of carboxylic acid groups (broad SMARTS) is 2. The first-order valence-corrected chi connectivity index (χ1v) is 23.5. The number of Topliss-reactive ketones (excluding diaryl/α,β-unsaturated/α-hetero) is 3. The Balaban J connectivity index is 0.0000168. The van der Waals surface area contributed by atoms with Gasteiger partial charge in [-0.25, -0.2) is 0 Å². The summed E-state index contributed by atoms with van der Waals surface area (Å²) in [6, 6.07) is 5.28. The van der Waals surface area contributed by atoms with E-state index in [0.29, 0.717) is 17.9 Å². The predicted octanol–water partition coefficient (Wildman–Crippen LogP) is 8.24. The first-order valence-electron chi connectivity index (χ1n) is 21.0. The Bertz CT molecular complexity index is 1410. The van der Waals surface area contributed by atoms with E-state index < -0.39 is 47.4 Å². The molecule has 0 unspecified atom stereocenters. The molecular weight excluding hydrogens is 769 g/mol. The van der Waals surface area contributed by atoms with Crippen LogP contribution in [0.5, 0.6) is 5.75 Å². The minimum absolute atomic E-state index is 0. The van der Waals surface area contributed by atoms with Crippen LogP contribution in [0.2, 0.25) is 0 Å². The molecule has 14 heteroatoms. The van der Waals surface area contributed by atoms with Gasteiger partial charge in [-0.1, -0.05) is 124 Å². The lowest BCUT2D eigenvalue weighted by atomic mass is 9.85. The fourth-order valence-electron chi connectivity index (χ4n) is 7.07. The van der Waals surface area contributed by atoms with Gasteiger partial charge in [0, 0.05) is 69.2 Å². The van der Waals surface area contributed by atoms with Crippen LogP contribution in [0.25, 0.3) is 0 Å². The number of carbonyl (C=O) groups is 7. The molecule has 0 bridgehead atoms. The van der Waals surface area contributed by atoms with Gasteiger partial charge in [0.15, 0.2) is 5.78 Å². The van der Waals surface area contributed by atoms with Crippen LogP contribution in [0.15, 0.2) is 24.3 Å². The number of primary amides is 1. The molecule has 322 valence electrons. The number of aromatic hydroxyl groups is 1. The summed E-state index contributed by atoms with van der Waals surface area (Å²) in [7, 11) is 2.82. The Hall–Kier alpha value is -3.39. The molecule has 1 saturated heterocycles. The normalized spacial score (nSPS) is 16.9. The zero-order chi connectivity index (χ0) is 41.8. The first kappa shape index (κ1) is 49.8. The Morgan fingerprint density at radius 2 is 1.21 bits per heavy atom. The molecule has 6 N–H and O–H groups in total. The second-order valence-electron chi connectivity index (χ2n) is 15.5. The van der Waals surface area contributed by atoms with Gasteiger partial charge >= 0.3 is 11.9 Å². The van der Waals surface area contributed by atoms with Gasteiger partial charge in [-0.3, -0.25) is 33.6 Å². The Labute approximate surface area is 347 Å². The molecule has 0 spiro atoms. The number of hydrogen-bond donors (Lipinski definition) is 5. The van der Waals surface area contributed by atoms with E-state index in [1.54, 1.807) is 12.1 Å².